The van der Waals surface area contributed by atoms with E-state index in [1.807, 2.05) is 0 Å². The van der Waals surface area contributed by atoms with Crippen molar-refractivity contribution in [1.82, 2.24) is 10.2 Å². The third kappa shape index (κ3) is 3.03. The molecule has 1 spiro atoms. The van der Waals surface area contributed by atoms with E-state index in [9.17, 15) is 0 Å². The van der Waals surface area contributed by atoms with Crippen LogP contribution in [0.15, 0.2) is 10.5 Å². The van der Waals surface area contributed by atoms with Crippen molar-refractivity contribution in [3.8, 4) is 0 Å². The fourth-order valence-electron chi connectivity index (χ4n) is 3.49. The Kier molecular flexibility index (Phi) is 4.54. The second kappa shape index (κ2) is 6.02. The Hall–Kier alpha value is 0.390. The van der Waals surface area contributed by atoms with Crippen molar-refractivity contribution >= 4 is 38.9 Å². The summed E-state index contributed by atoms with van der Waals surface area (Å²) < 4.78 is 1.92. The highest BCUT2D eigenvalue weighted by molar-refractivity contribution is 9.10. The van der Waals surface area contributed by atoms with Gasteiger partial charge in [-0.1, -0.05) is 30.9 Å². The van der Waals surface area contributed by atoms with Crippen LogP contribution in [0.1, 0.15) is 37.0 Å². The average molecular weight is 364 g/mol. The highest BCUT2D eigenvalue weighted by atomic mass is 79.9. The molecule has 0 atom stereocenters. The van der Waals surface area contributed by atoms with Gasteiger partial charge in [-0.25, -0.2) is 0 Å². The lowest BCUT2D eigenvalue weighted by Gasteiger charge is -2.49. The van der Waals surface area contributed by atoms with E-state index in [1.165, 1.54) is 37.0 Å². The van der Waals surface area contributed by atoms with Crippen LogP contribution < -0.4 is 5.32 Å². The van der Waals surface area contributed by atoms with Crippen molar-refractivity contribution in [2.45, 2.75) is 44.2 Å². The predicted molar refractivity (Wildman–Crippen MR) is 86.1 cm³/mol. The van der Waals surface area contributed by atoms with Gasteiger partial charge in [-0.05, 0) is 34.8 Å². The topological polar surface area (TPSA) is 15.3 Å². The molecule has 2 heterocycles. The summed E-state index contributed by atoms with van der Waals surface area (Å²) in [6.07, 6.45) is 6.87. The molecule has 1 aromatic rings. The number of nitrogens with one attached hydrogen (secondary N) is 1. The third-order valence-corrected chi connectivity index (χ3v) is 6.97. The molecule has 5 heteroatoms. The molecule has 106 valence electrons. The maximum absolute atomic E-state index is 6.17. The standard InChI is InChI=1S/C14H20BrClN2S/c15-12-8-11(19-13(12)16)9-18-7-6-17-10-14(18)4-2-1-3-5-14/h8,17H,1-7,9-10H2. The second-order valence-corrected chi connectivity index (χ2v) is 8.31. The van der Waals surface area contributed by atoms with E-state index in [2.05, 4.69) is 32.2 Å². The van der Waals surface area contributed by atoms with Crippen LogP contribution in [0.3, 0.4) is 0 Å². The largest absolute Gasteiger partial charge is 0.314 e. The van der Waals surface area contributed by atoms with E-state index in [0.717, 1.165) is 35.0 Å². The van der Waals surface area contributed by atoms with Crippen LogP contribution in [0.25, 0.3) is 0 Å². The molecule has 0 aromatic carbocycles. The number of hydrogen-bond acceptors (Lipinski definition) is 3. The van der Waals surface area contributed by atoms with Crippen molar-refractivity contribution in [3.63, 3.8) is 0 Å². The molecule has 1 aliphatic heterocycles. The number of hydrogen-bond donors (Lipinski definition) is 1. The summed E-state index contributed by atoms with van der Waals surface area (Å²) in [5.41, 5.74) is 0.402. The summed E-state index contributed by atoms with van der Waals surface area (Å²) in [7, 11) is 0. The van der Waals surface area contributed by atoms with Crippen molar-refractivity contribution in [1.29, 1.82) is 0 Å². The molecule has 2 aliphatic rings. The van der Waals surface area contributed by atoms with Crippen molar-refractivity contribution in [3.05, 3.63) is 19.8 Å². The molecule has 1 N–H and O–H groups in total. The molecule has 19 heavy (non-hydrogen) atoms. The van der Waals surface area contributed by atoms with Crippen LogP contribution >= 0.6 is 38.9 Å². The van der Waals surface area contributed by atoms with E-state index in [0.29, 0.717) is 5.54 Å². The van der Waals surface area contributed by atoms with Crippen molar-refractivity contribution < 1.29 is 0 Å². The van der Waals surface area contributed by atoms with Gasteiger partial charge in [-0.3, -0.25) is 4.90 Å². The van der Waals surface area contributed by atoms with Gasteiger partial charge in [0, 0.05) is 41.1 Å². The van der Waals surface area contributed by atoms with Crippen LogP contribution in [-0.4, -0.2) is 30.1 Å². The van der Waals surface area contributed by atoms with Crippen molar-refractivity contribution in [2.24, 2.45) is 0 Å². The van der Waals surface area contributed by atoms with Crippen LogP contribution in [-0.2, 0) is 6.54 Å². The summed E-state index contributed by atoms with van der Waals surface area (Å²) in [4.78, 5) is 4.08. The van der Waals surface area contributed by atoms with Gasteiger partial charge in [0.05, 0.1) is 0 Å². The normalized spacial score (nSPS) is 23.9. The first kappa shape index (κ1) is 14.3. The number of piperazine rings is 1. The third-order valence-electron chi connectivity index (χ3n) is 4.51. The van der Waals surface area contributed by atoms with Gasteiger partial charge < -0.3 is 5.32 Å². The molecule has 1 aromatic heterocycles. The Morgan fingerprint density at radius 3 is 2.84 bits per heavy atom. The van der Waals surface area contributed by atoms with Gasteiger partial charge in [-0.2, -0.15) is 0 Å². The summed E-state index contributed by atoms with van der Waals surface area (Å²) in [5, 5.41) is 3.60. The first-order valence-electron chi connectivity index (χ1n) is 7.09. The first-order chi connectivity index (χ1) is 9.20. The number of rotatable bonds is 2. The average Bonchev–Trinajstić information content (AvgIpc) is 2.73. The predicted octanol–water partition coefficient (Wildman–Crippen LogP) is 4.27. The van der Waals surface area contributed by atoms with Gasteiger partial charge >= 0.3 is 0 Å². The zero-order chi connectivity index (χ0) is 13.3. The smallest absolute Gasteiger partial charge is 0.107 e. The number of thiophene rings is 1. The van der Waals surface area contributed by atoms with Crippen LogP contribution in [0.5, 0.6) is 0 Å². The van der Waals surface area contributed by atoms with Gasteiger partial charge in [0.15, 0.2) is 0 Å². The molecular weight excluding hydrogens is 344 g/mol. The Balaban J connectivity index is 1.76. The van der Waals surface area contributed by atoms with Crippen LogP contribution in [0.2, 0.25) is 4.34 Å². The van der Waals surface area contributed by atoms with E-state index in [1.54, 1.807) is 11.3 Å². The van der Waals surface area contributed by atoms with E-state index in [4.69, 9.17) is 11.6 Å². The van der Waals surface area contributed by atoms with E-state index in [-0.39, 0.29) is 0 Å². The molecule has 0 amide bonds. The van der Waals surface area contributed by atoms with Gasteiger partial charge in [0.1, 0.15) is 4.34 Å². The fourth-order valence-corrected chi connectivity index (χ4v) is 5.30. The fraction of sp³-hybridized carbons (Fsp3) is 0.714. The molecule has 0 radical (unpaired) electrons. The highest BCUT2D eigenvalue weighted by Gasteiger charge is 2.39. The SMILES string of the molecule is Clc1sc(CN2CCNCC23CCCCC3)cc1Br. The Bertz CT molecular complexity index is 415. The van der Waals surface area contributed by atoms with Gasteiger partial charge in [0.2, 0.25) is 0 Å². The Morgan fingerprint density at radius 2 is 2.16 bits per heavy atom. The quantitative estimate of drug-likeness (QED) is 0.844. The molecule has 0 unspecified atom stereocenters. The number of halogens is 2. The first-order valence-corrected chi connectivity index (χ1v) is 9.08. The summed E-state index contributed by atoms with van der Waals surface area (Å²) in [6.45, 7) is 4.49. The maximum atomic E-state index is 6.17. The molecule has 1 saturated carbocycles. The Labute approximate surface area is 132 Å². The van der Waals surface area contributed by atoms with Gasteiger partial charge in [0.25, 0.3) is 0 Å². The molecule has 1 aliphatic carbocycles. The molecule has 2 fully saturated rings. The maximum Gasteiger partial charge on any atom is 0.107 e. The van der Waals surface area contributed by atoms with Crippen LogP contribution in [0, 0.1) is 0 Å². The monoisotopic (exact) mass is 362 g/mol. The minimum Gasteiger partial charge on any atom is -0.314 e. The molecule has 2 nitrogen and oxygen atoms in total. The Morgan fingerprint density at radius 1 is 1.37 bits per heavy atom. The second-order valence-electron chi connectivity index (χ2n) is 5.72. The van der Waals surface area contributed by atoms with Crippen molar-refractivity contribution in [2.75, 3.05) is 19.6 Å². The minimum atomic E-state index is 0.402. The molecule has 1 saturated heterocycles. The minimum absolute atomic E-state index is 0.402. The molecular formula is C14H20BrClN2S. The van der Waals surface area contributed by atoms with E-state index >= 15 is 0 Å². The zero-order valence-corrected chi connectivity index (χ0v) is 14.2. The lowest BCUT2D eigenvalue weighted by Crippen LogP contribution is -2.61. The summed E-state index contributed by atoms with van der Waals surface area (Å²) in [5.74, 6) is 0. The van der Waals surface area contributed by atoms with Gasteiger partial charge in [-0.15, -0.1) is 11.3 Å². The number of nitrogens with zero attached hydrogens (tertiary/aromatic N) is 1. The zero-order valence-electron chi connectivity index (χ0n) is 11.1. The van der Waals surface area contributed by atoms with E-state index < -0.39 is 0 Å². The van der Waals surface area contributed by atoms with Crippen LogP contribution in [0.4, 0.5) is 0 Å². The highest BCUT2D eigenvalue weighted by Crippen LogP contribution is 2.38. The molecule has 0 bridgehead atoms. The summed E-state index contributed by atoms with van der Waals surface area (Å²) >= 11 is 11.4. The molecule has 3 rings (SSSR count). The lowest BCUT2D eigenvalue weighted by molar-refractivity contribution is 0.0217. The summed E-state index contributed by atoms with van der Waals surface area (Å²) in [6, 6.07) is 2.19. The lowest BCUT2D eigenvalue weighted by atomic mass is 9.79.